The van der Waals surface area contributed by atoms with E-state index in [1.807, 2.05) is 0 Å². The largest absolute Gasteiger partial charge is 0.508 e. The topological polar surface area (TPSA) is 179 Å². The lowest BCUT2D eigenvalue weighted by Crippen LogP contribution is -2.33. The van der Waals surface area contributed by atoms with Crippen LogP contribution in [0.3, 0.4) is 0 Å². The molecule has 3 aromatic carbocycles. The fourth-order valence-electron chi connectivity index (χ4n) is 3.34. The van der Waals surface area contributed by atoms with Gasteiger partial charge in [-0.3, -0.25) is 20.2 Å². The lowest BCUT2D eigenvalue weighted by Gasteiger charge is -2.19. The van der Waals surface area contributed by atoms with Gasteiger partial charge in [0, 0.05) is 24.6 Å². The summed E-state index contributed by atoms with van der Waals surface area (Å²) in [5, 5.41) is 35.0. The van der Waals surface area contributed by atoms with Gasteiger partial charge in [-0.2, -0.15) is 0 Å². The van der Waals surface area contributed by atoms with Gasteiger partial charge in [0.25, 0.3) is 11.4 Å². The zero-order chi connectivity index (χ0) is 26.5. The molecular formula is C23H21N3O9S. The average molecular weight is 516 g/mol. The van der Waals surface area contributed by atoms with Gasteiger partial charge in [0.15, 0.2) is 0 Å². The Morgan fingerprint density at radius 1 is 1.00 bits per heavy atom. The number of hydrogen-bond acceptors (Lipinski definition) is 10. The summed E-state index contributed by atoms with van der Waals surface area (Å²) >= 11 is 0. The van der Waals surface area contributed by atoms with Gasteiger partial charge in [-0.15, -0.1) is 0 Å². The van der Waals surface area contributed by atoms with Gasteiger partial charge in [-0.1, -0.05) is 18.2 Å². The van der Waals surface area contributed by atoms with Crippen molar-refractivity contribution < 1.29 is 32.9 Å². The number of carbonyl (C=O) groups is 1. The zero-order valence-corrected chi connectivity index (χ0v) is 19.7. The molecule has 13 heteroatoms. The molecule has 3 rings (SSSR count). The van der Waals surface area contributed by atoms with Crippen molar-refractivity contribution in [3.8, 4) is 5.75 Å². The smallest absolute Gasteiger partial charge is 0.328 e. The molecule has 0 aliphatic heterocycles. The van der Waals surface area contributed by atoms with Crippen molar-refractivity contribution in [3.63, 3.8) is 0 Å². The number of phenols is 1. The highest BCUT2D eigenvalue weighted by atomic mass is 32.2. The van der Waals surface area contributed by atoms with Crippen LogP contribution in [0.15, 0.2) is 76.5 Å². The Morgan fingerprint density at radius 3 is 2.28 bits per heavy atom. The third-order valence-electron chi connectivity index (χ3n) is 5.09. The van der Waals surface area contributed by atoms with E-state index >= 15 is 0 Å². The third kappa shape index (κ3) is 5.93. The Balaban J connectivity index is 1.99. The Morgan fingerprint density at radius 2 is 1.67 bits per heavy atom. The van der Waals surface area contributed by atoms with E-state index in [0.29, 0.717) is 5.56 Å². The molecule has 0 aliphatic rings. The predicted octanol–water partition coefficient (Wildman–Crippen LogP) is 3.63. The number of nitrogens with zero attached hydrogens (tertiary/aromatic N) is 2. The molecule has 0 fully saturated rings. The number of hydrogen-bond donors (Lipinski definition) is 2. The van der Waals surface area contributed by atoms with Crippen molar-refractivity contribution in [2.75, 3.05) is 11.9 Å². The lowest BCUT2D eigenvalue weighted by molar-refractivity contribution is -0.385. The minimum atomic E-state index is -4.33. The van der Waals surface area contributed by atoms with Crippen LogP contribution in [0.25, 0.3) is 0 Å². The molecule has 0 amide bonds. The van der Waals surface area contributed by atoms with Crippen molar-refractivity contribution in [3.05, 3.63) is 92.5 Å². The molecule has 0 heterocycles. The maximum atomic E-state index is 13.0. The number of nitro benzene ring substituents is 2. The van der Waals surface area contributed by atoms with Gasteiger partial charge >= 0.3 is 5.97 Å². The number of anilines is 1. The van der Waals surface area contributed by atoms with Crippen molar-refractivity contribution >= 4 is 32.9 Å². The molecule has 1 atom stereocenters. The van der Waals surface area contributed by atoms with E-state index in [4.69, 9.17) is 4.74 Å². The standard InChI is InChI=1S/C23H21N3O9S/c1-2-35-23(28)21(12-15-6-8-17(27)9-7-15)24-20-11-10-19(14-22(20)26(31)32)36(33,34)18-5-3-4-16(13-18)25(29)30/h3-11,13-14,21,24,27H,2,12H2,1H3/t21-/m0/s1. The number of nitro groups is 2. The van der Waals surface area contributed by atoms with E-state index in [0.717, 1.165) is 36.4 Å². The quantitative estimate of drug-likeness (QED) is 0.230. The number of sulfone groups is 1. The fraction of sp³-hybridized carbons (Fsp3) is 0.174. The monoisotopic (exact) mass is 515 g/mol. The van der Waals surface area contributed by atoms with Gasteiger partial charge in [0.05, 0.1) is 26.2 Å². The molecule has 0 unspecified atom stereocenters. The molecule has 188 valence electrons. The second-order valence-electron chi connectivity index (χ2n) is 7.51. The van der Waals surface area contributed by atoms with E-state index in [1.165, 1.54) is 18.2 Å². The second-order valence-corrected chi connectivity index (χ2v) is 9.46. The molecule has 3 aromatic rings. The summed E-state index contributed by atoms with van der Waals surface area (Å²) in [5.41, 5.74) is -0.572. The summed E-state index contributed by atoms with van der Waals surface area (Å²) in [6.07, 6.45) is 0.0595. The van der Waals surface area contributed by atoms with Gasteiger partial charge < -0.3 is 15.2 Å². The second kappa shape index (κ2) is 10.8. The molecule has 36 heavy (non-hydrogen) atoms. The normalized spacial score (nSPS) is 11.9. The number of phenolic OH excluding ortho intramolecular Hbond substituents is 1. The minimum absolute atomic E-state index is 0.0237. The molecule has 0 saturated carbocycles. The van der Waals surface area contributed by atoms with Gasteiger partial charge in [0.1, 0.15) is 17.5 Å². The first-order valence-corrected chi connectivity index (χ1v) is 12.0. The van der Waals surface area contributed by atoms with Crippen LogP contribution >= 0.6 is 0 Å². The number of benzene rings is 3. The third-order valence-corrected chi connectivity index (χ3v) is 6.84. The number of carbonyl (C=O) groups excluding carboxylic acids is 1. The van der Waals surface area contributed by atoms with Crippen LogP contribution in [0.4, 0.5) is 17.1 Å². The minimum Gasteiger partial charge on any atom is -0.508 e. The van der Waals surface area contributed by atoms with Gasteiger partial charge in [0.2, 0.25) is 9.84 Å². The zero-order valence-electron chi connectivity index (χ0n) is 18.9. The van der Waals surface area contributed by atoms with Crippen molar-refractivity contribution in [1.29, 1.82) is 0 Å². The number of aromatic hydroxyl groups is 1. The van der Waals surface area contributed by atoms with Crippen molar-refractivity contribution in [2.45, 2.75) is 29.2 Å². The van der Waals surface area contributed by atoms with Gasteiger partial charge in [-0.05, 0) is 42.8 Å². The van der Waals surface area contributed by atoms with Crippen LogP contribution in [-0.4, -0.2) is 42.0 Å². The van der Waals surface area contributed by atoms with E-state index in [-0.39, 0.29) is 24.5 Å². The summed E-state index contributed by atoms with van der Waals surface area (Å²) in [4.78, 5) is 32.9. The SMILES string of the molecule is CCOC(=O)[C@H](Cc1ccc(O)cc1)Nc1ccc(S(=O)(=O)c2cccc([N+](=O)[O-])c2)cc1[N+](=O)[O-]. The summed E-state index contributed by atoms with van der Waals surface area (Å²) < 4.78 is 31.1. The van der Waals surface area contributed by atoms with E-state index in [9.17, 15) is 38.5 Å². The number of non-ortho nitro benzene ring substituents is 1. The lowest BCUT2D eigenvalue weighted by atomic mass is 10.1. The summed E-state index contributed by atoms with van der Waals surface area (Å²) in [6, 6.07) is 12.3. The molecule has 0 spiro atoms. The molecule has 2 N–H and O–H groups in total. The first-order chi connectivity index (χ1) is 17.0. The number of esters is 1. The van der Waals surface area contributed by atoms with E-state index in [2.05, 4.69) is 5.32 Å². The van der Waals surface area contributed by atoms with E-state index in [1.54, 1.807) is 19.1 Å². The molecule has 0 aliphatic carbocycles. The fourth-order valence-corrected chi connectivity index (χ4v) is 4.66. The van der Waals surface area contributed by atoms with E-state index < -0.39 is 52.9 Å². The molecule has 12 nitrogen and oxygen atoms in total. The average Bonchev–Trinajstić information content (AvgIpc) is 2.85. The Kier molecular flexibility index (Phi) is 7.84. The number of nitrogens with one attached hydrogen (secondary N) is 1. The van der Waals surface area contributed by atoms with Crippen LogP contribution in [-0.2, 0) is 25.8 Å². The predicted molar refractivity (Wildman–Crippen MR) is 127 cm³/mol. The van der Waals surface area contributed by atoms with Crippen molar-refractivity contribution in [1.82, 2.24) is 0 Å². The molecule has 0 bridgehead atoms. The highest BCUT2D eigenvalue weighted by Gasteiger charge is 2.28. The van der Waals surface area contributed by atoms with Crippen LogP contribution in [0.1, 0.15) is 12.5 Å². The number of ether oxygens (including phenoxy) is 1. The molecule has 0 saturated heterocycles. The highest BCUT2D eigenvalue weighted by Crippen LogP contribution is 2.32. The van der Waals surface area contributed by atoms with Crippen molar-refractivity contribution in [2.24, 2.45) is 0 Å². The highest BCUT2D eigenvalue weighted by molar-refractivity contribution is 7.91. The van der Waals surface area contributed by atoms with Crippen LogP contribution in [0.2, 0.25) is 0 Å². The Hall–Kier alpha value is -4.52. The van der Waals surface area contributed by atoms with Gasteiger partial charge in [-0.25, -0.2) is 13.2 Å². The first-order valence-electron chi connectivity index (χ1n) is 10.5. The van der Waals surface area contributed by atoms with Crippen LogP contribution in [0, 0.1) is 20.2 Å². The van der Waals surface area contributed by atoms with Crippen LogP contribution < -0.4 is 5.32 Å². The maximum absolute atomic E-state index is 13.0. The molecule has 0 aromatic heterocycles. The maximum Gasteiger partial charge on any atom is 0.328 e. The first kappa shape index (κ1) is 26.1. The Bertz CT molecular complexity index is 1410. The Labute approximate surface area is 205 Å². The number of rotatable bonds is 10. The van der Waals surface area contributed by atoms with Crippen LogP contribution in [0.5, 0.6) is 5.75 Å². The molecular weight excluding hydrogens is 494 g/mol. The summed E-state index contributed by atoms with van der Waals surface area (Å²) in [6.45, 7) is 1.67. The summed E-state index contributed by atoms with van der Waals surface area (Å²) in [5.74, 6) is -0.663. The molecule has 0 radical (unpaired) electrons. The summed E-state index contributed by atoms with van der Waals surface area (Å²) in [7, 11) is -4.33.